The molecule has 1 aromatic heterocycles. The van der Waals surface area contributed by atoms with E-state index in [-0.39, 0.29) is 27.1 Å². The fourth-order valence-corrected chi connectivity index (χ4v) is 8.40. The van der Waals surface area contributed by atoms with Crippen molar-refractivity contribution < 1.29 is 26.4 Å². The molecule has 0 bridgehead atoms. The third-order valence-corrected chi connectivity index (χ3v) is 11.8. The van der Waals surface area contributed by atoms with Gasteiger partial charge in [0, 0.05) is 27.4 Å². The van der Waals surface area contributed by atoms with E-state index in [2.05, 4.69) is 4.98 Å². The highest BCUT2D eigenvalue weighted by atomic mass is 35.5. The summed E-state index contributed by atoms with van der Waals surface area (Å²) in [7, 11) is 1.74. The molecule has 0 spiro atoms. The third kappa shape index (κ3) is 6.89. The fourth-order valence-electron chi connectivity index (χ4n) is 5.29. The smallest absolute Gasteiger partial charge is 0.243 e. The number of aromatic nitrogens is 2. The first-order chi connectivity index (χ1) is 21.1. The van der Waals surface area contributed by atoms with E-state index in [1.54, 1.807) is 31.5 Å². The Bertz CT molecular complexity index is 1800. The number of halogens is 4. The van der Waals surface area contributed by atoms with Gasteiger partial charge in [-0.25, -0.2) is 22.2 Å². The van der Waals surface area contributed by atoms with Gasteiger partial charge < -0.3 is 9.22 Å². The molecule has 1 fully saturated rings. The molecule has 0 amide bonds. The zero-order valence-electron chi connectivity index (χ0n) is 25.7. The van der Waals surface area contributed by atoms with Crippen molar-refractivity contribution in [2.24, 2.45) is 0 Å². The average Bonchev–Trinajstić information content (AvgIpc) is 3.42. The molecule has 0 atom stereocenters. The zero-order valence-corrected chi connectivity index (χ0v) is 28.8. The second-order valence-electron chi connectivity index (χ2n) is 12.2. The molecule has 0 saturated carbocycles. The highest BCUT2D eigenvalue weighted by molar-refractivity contribution is 7.98. The Kier molecular flexibility index (Phi) is 9.62. The van der Waals surface area contributed by atoms with E-state index < -0.39 is 21.3 Å². The van der Waals surface area contributed by atoms with Crippen LogP contribution in [0.5, 0.6) is 5.75 Å². The topological polar surface area (TPSA) is 64.4 Å². The molecule has 45 heavy (non-hydrogen) atoms. The van der Waals surface area contributed by atoms with Crippen LogP contribution in [0, 0.1) is 11.6 Å². The first-order valence-electron chi connectivity index (χ1n) is 14.2. The minimum Gasteiger partial charge on any atom is -0.495 e. The first kappa shape index (κ1) is 33.7. The Balaban J connectivity index is 1.47. The molecule has 1 saturated heterocycles. The van der Waals surface area contributed by atoms with Gasteiger partial charge in [-0.3, -0.25) is 4.57 Å². The highest BCUT2D eigenvalue weighted by Gasteiger charge is 2.34. The largest absolute Gasteiger partial charge is 0.495 e. The van der Waals surface area contributed by atoms with Crippen LogP contribution in [0.15, 0.2) is 70.8 Å². The zero-order chi connectivity index (χ0) is 32.7. The quantitative estimate of drug-likeness (QED) is 0.137. The molecule has 4 aromatic rings. The van der Waals surface area contributed by atoms with Gasteiger partial charge in [-0.1, -0.05) is 54.9 Å². The number of imidazole rings is 1. The summed E-state index contributed by atoms with van der Waals surface area (Å²) in [6.45, 7) is 6.07. The summed E-state index contributed by atoms with van der Waals surface area (Å²) in [6.07, 6.45) is 1.74. The maximum absolute atomic E-state index is 15.5. The lowest BCUT2D eigenvalue weighted by atomic mass is 9.81. The summed E-state index contributed by atoms with van der Waals surface area (Å²) in [5.74, 6) is -0.487. The second kappa shape index (κ2) is 12.8. The number of quaternary nitrogens is 1. The standard InChI is InChI=1S/C32H35Cl2F2N4O3S2/c1-32(2,21-6-11-26(33)29(16-21)43-5)30-19-37-31(39(30)23-9-7-22(35)8-10-23)44-20-25-27(34)17-24(18-28(25)36)45(41,42)38-12-14-40(3,4)15-13-38/h6-11,16-19H,12-15,20H2,1-5H3/q+1. The number of benzene rings is 3. The lowest BCUT2D eigenvalue weighted by molar-refractivity contribution is -0.893. The summed E-state index contributed by atoms with van der Waals surface area (Å²) in [6, 6.07) is 13.9. The number of hydrogen-bond acceptors (Lipinski definition) is 5. The maximum atomic E-state index is 15.5. The second-order valence-corrected chi connectivity index (χ2v) is 15.8. The van der Waals surface area contributed by atoms with E-state index in [4.69, 9.17) is 27.9 Å². The van der Waals surface area contributed by atoms with Crippen molar-refractivity contribution in [3.05, 3.63) is 99.3 Å². The molecule has 0 N–H and O–H groups in total. The third-order valence-electron chi connectivity index (χ3n) is 8.33. The van der Waals surface area contributed by atoms with Crippen LogP contribution in [0.2, 0.25) is 10.0 Å². The number of rotatable bonds is 9. The first-order valence-corrected chi connectivity index (χ1v) is 17.4. The summed E-state index contributed by atoms with van der Waals surface area (Å²) < 4.78 is 65.6. The van der Waals surface area contributed by atoms with Gasteiger partial charge in [-0.15, -0.1) is 0 Å². The van der Waals surface area contributed by atoms with E-state index in [0.29, 0.717) is 47.8 Å². The van der Waals surface area contributed by atoms with Crippen LogP contribution in [-0.4, -0.2) is 74.1 Å². The molecule has 0 radical (unpaired) electrons. The van der Waals surface area contributed by atoms with Crippen molar-refractivity contribution in [3.63, 3.8) is 0 Å². The van der Waals surface area contributed by atoms with Crippen molar-refractivity contribution in [2.45, 2.75) is 35.1 Å². The number of hydrogen-bond donors (Lipinski definition) is 0. The van der Waals surface area contributed by atoms with Gasteiger partial charge in [0.05, 0.1) is 69.2 Å². The van der Waals surface area contributed by atoms with Crippen LogP contribution in [-0.2, 0) is 21.2 Å². The molecular weight excluding hydrogens is 661 g/mol. The molecule has 240 valence electrons. The number of nitrogens with zero attached hydrogens (tertiary/aromatic N) is 4. The number of ether oxygens (including phenoxy) is 1. The summed E-state index contributed by atoms with van der Waals surface area (Å²) in [4.78, 5) is 4.51. The van der Waals surface area contributed by atoms with Gasteiger partial charge in [0.1, 0.15) is 17.4 Å². The van der Waals surface area contributed by atoms with Crippen LogP contribution < -0.4 is 4.74 Å². The van der Waals surface area contributed by atoms with Crippen LogP contribution in [0.1, 0.15) is 30.7 Å². The molecule has 7 nitrogen and oxygen atoms in total. The van der Waals surface area contributed by atoms with Crippen LogP contribution in [0.25, 0.3) is 5.69 Å². The van der Waals surface area contributed by atoms with Gasteiger partial charge >= 0.3 is 0 Å². The predicted molar refractivity (Wildman–Crippen MR) is 175 cm³/mol. The summed E-state index contributed by atoms with van der Waals surface area (Å²) >= 11 is 14.1. The monoisotopic (exact) mass is 695 g/mol. The van der Waals surface area contributed by atoms with Crippen molar-refractivity contribution in [1.82, 2.24) is 13.9 Å². The van der Waals surface area contributed by atoms with Gasteiger partial charge in [0.25, 0.3) is 0 Å². The number of likely N-dealkylation sites (N-methyl/N-ethyl adjacent to an activating group) is 1. The van der Waals surface area contributed by atoms with Gasteiger partial charge in [-0.2, -0.15) is 4.31 Å². The Morgan fingerprint density at radius 1 is 1.00 bits per heavy atom. The van der Waals surface area contributed by atoms with Crippen LogP contribution in [0.3, 0.4) is 0 Å². The summed E-state index contributed by atoms with van der Waals surface area (Å²) in [5.41, 5.74) is 1.91. The van der Waals surface area contributed by atoms with E-state index in [9.17, 15) is 12.8 Å². The van der Waals surface area contributed by atoms with Crippen molar-refractivity contribution >= 4 is 45.0 Å². The lowest BCUT2D eigenvalue weighted by Gasteiger charge is -2.38. The molecule has 5 rings (SSSR count). The Hall–Kier alpha value is -2.67. The summed E-state index contributed by atoms with van der Waals surface area (Å²) in [5, 5.41) is 1.02. The van der Waals surface area contributed by atoms with Gasteiger partial charge in [0.2, 0.25) is 10.0 Å². The molecule has 13 heteroatoms. The Morgan fingerprint density at radius 2 is 1.67 bits per heavy atom. The number of sulfonamides is 1. The maximum Gasteiger partial charge on any atom is 0.243 e. The van der Waals surface area contributed by atoms with E-state index >= 15 is 4.39 Å². The molecule has 2 heterocycles. The number of methoxy groups -OCH3 is 1. The minimum absolute atomic E-state index is 0.0166. The van der Waals surface area contributed by atoms with Gasteiger partial charge in [-0.05, 0) is 54.1 Å². The number of piperazine rings is 1. The molecule has 0 aliphatic carbocycles. The van der Waals surface area contributed by atoms with Crippen molar-refractivity contribution in [2.75, 3.05) is 47.4 Å². The van der Waals surface area contributed by atoms with Crippen molar-refractivity contribution in [3.8, 4) is 11.4 Å². The highest BCUT2D eigenvalue weighted by Crippen LogP contribution is 2.40. The van der Waals surface area contributed by atoms with E-state index in [1.165, 1.54) is 34.3 Å². The van der Waals surface area contributed by atoms with Crippen LogP contribution >= 0.6 is 35.0 Å². The van der Waals surface area contributed by atoms with Crippen molar-refractivity contribution in [1.29, 1.82) is 0 Å². The number of thioether (sulfide) groups is 1. The minimum atomic E-state index is -3.91. The fraction of sp³-hybridized carbons (Fsp3) is 0.344. The van der Waals surface area contributed by atoms with E-state index in [1.807, 2.05) is 44.6 Å². The molecular formula is C32H35Cl2F2N4O3S2+. The SMILES string of the molecule is COc1cc(C(C)(C)c2cnc(SCc3c(F)cc(S(=O)(=O)N4CC[N+](C)(C)CC4)cc3Cl)n2-c2ccc(F)cc2)ccc1Cl. The predicted octanol–water partition coefficient (Wildman–Crippen LogP) is 7.16. The Morgan fingerprint density at radius 3 is 2.29 bits per heavy atom. The molecule has 0 unspecified atom stereocenters. The molecule has 1 aliphatic rings. The Labute approximate surface area is 277 Å². The van der Waals surface area contributed by atoms with E-state index in [0.717, 1.165) is 21.8 Å². The van der Waals surface area contributed by atoms with Gasteiger partial charge in [0.15, 0.2) is 5.16 Å². The molecule has 3 aromatic carbocycles. The lowest BCUT2D eigenvalue weighted by Crippen LogP contribution is -2.55. The molecule has 1 aliphatic heterocycles. The normalized spacial score (nSPS) is 15.8. The van der Waals surface area contributed by atoms with Crippen LogP contribution in [0.4, 0.5) is 8.78 Å². The average molecular weight is 697 g/mol.